The Balaban J connectivity index is 1.83. The lowest BCUT2D eigenvalue weighted by atomic mass is 10.0. The summed E-state index contributed by atoms with van der Waals surface area (Å²) in [6.45, 7) is 7.43. The molecule has 0 bridgehead atoms. The molecule has 0 radical (unpaired) electrons. The van der Waals surface area contributed by atoms with E-state index in [1.807, 2.05) is 57.2 Å². The molecule has 4 rings (SSSR count). The van der Waals surface area contributed by atoms with Crippen molar-refractivity contribution in [3.05, 3.63) is 106 Å². The highest BCUT2D eigenvalue weighted by atomic mass is 19.1. The number of aromatic nitrogens is 1. The number of halogens is 1. The van der Waals surface area contributed by atoms with Crippen LogP contribution in [0.1, 0.15) is 42.4 Å². The fourth-order valence-corrected chi connectivity index (χ4v) is 4.64. The first-order valence-electron chi connectivity index (χ1n) is 11.1. The van der Waals surface area contributed by atoms with Gasteiger partial charge in [0.15, 0.2) is 0 Å². The summed E-state index contributed by atoms with van der Waals surface area (Å²) in [7, 11) is 1.30. The molecule has 34 heavy (non-hydrogen) atoms. The summed E-state index contributed by atoms with van der Waals surface area (Å²) in [4.78, 5) is 28.0. The third-order valence-corrected chi connectivity index (χ3v) is 6.36. The largest absolute Gasteiger partial charge is 0.465 e. The molecule has 5 nitrogen and oxygen atoms in total. The molecule has 1 amide bonds. The third kappa shape index (κ3) is 3.85. The maximum Gasteiger partial charge on any atom is 0.340 e. The summed E-state index contributed by atoms with van der Waals surface area (Å²) in [5.41, 5.74) is 4.74. The monoisotopic (exact) mass is 458 g/mol. The van der Waals surface area contributed by atoms with E-state index >= 15 is 0 Å². The van der Waals surface area contributed by atoms with Gasteiger partial charge in [-0.05, 0) is 63.1 Å². The molecule has 6 heteroatoms. The van der Waals surface area contributed by atoms with Crippen LogP contribution in [0.2, 0.25) is 0 Å². The highest BCUT2D eigenvalue weighted by Gasteiger charge is 2.39. The van der Waals surface area contributed by atoms with E-state index in [1.54, 1.807) is 40.7 Å². The number of hydrogen-bond acceptors (Lipinski definition) is 3. The summed E-state index contributed by atoms with van der Waals surface area (Å²) < 4.78 is 21.3. The van der Waals surface area contributed by atoms with E-state index in [1.165, 1.54) is 13.2 Å². The molecule has 2 heterocycles. The van der Waals surface area contributed by atoms with Crippen molar-refractivity contribution in [1.82, 2.24) is 9.47 Å². The van der Waals surface area contributed by atoms with Crippen LogP contribution >= 0.6 is 0 Å². The van der Waals surface area contributed by atoms with Gasteiger partial charge in [0.2, 0.25) is 0 Å². The molecule has 2 aromatic carbocycles. The van der Waals surface area contributed by atoms with Gasteiger partial charge in [0.25, 0.3) is 5.91 Å². The van der Waals surface area contributed by atoms with E-state index < -0.39 is 5.97 Å². The van der Waals surface area contributed by atoms with Gasteiger partial charge < -0.3 is 14.2 Å². The number of rotatable bonds is 5. The summed E-state index contributed by atoms with van der Waals surface area (Å²) in [5.74, 6) is -1.18. The zero-order valence-electron chi connectivity index (χ0n) is 19.9. The molecule has 0 unspecified atom stereocenters. The minimum Gasteiger partial charge on any atom is -0.465 e. The summed E-state index contributed by atoms with van der Waals surface area (Å²) >= 11 is 0. The van der Waals surface area contributed by atoms with Gasteiger partial charge in [-0.3, -0.25) is 4.79 Å². The first-order chi connectivity index (χ1) is 16.3. The smallest absolute Gasteiger partial charge is 0.340 e. The van der Waals surface area contributed by atoms with Crippen LogP contribution in [0.5, 0.6) is 0 Å². The molecule has 1 aromatic heterocycles. The Morgan fingerprint density at radius 1 is 1.03 bits per heavy atom. The summed E-state index contributed by atoms with van der Waals surface area (Å²) in [5, 5.41) is 0. The first-order valence-corrected chi connectivity index (χ1v) is 11.1. The van der Waals surface area contributed by atoms with Crippen molar-refractivity contribution in [3.8, 4) is 5.69 Å². The number of ether oxygens (including phenoxy) is 1. The van der Waals surface area contributed by atoms with Crippen molar-refractivity contribution in [2.24, 2.45) is 0 Å². The van der Waals surface area contributed by atoms with Crippen molar-refractivity contribution in [2.75, 3.05) is 7.11 Å². The Labute approximate surface area is 198 Å². The number of benzene rings is 2. The minimum atomic E-state index is -0.567. The van der Waals surface area contributed by atoms with E-state index in [2.05, 4.69) is 0 Å². The van der Waals surface area contributed by atoms with Gasteiger partial charge in [0, 0.05) is 17.1 Å². The maximum atomic E-state index is 14.5. The number of methoxy groups -OCH3 is 1. The van der Waals surface area contributed by atoms with Gasteiger partial charge in [-0.2, -0.15) is 0 Å². The molecule has 1 atom stereocenters. The molecule has 3 aromatic rings. The minimum absolute atomic E-state index is 0.242. The summed E-state index contributed by atoms with van der Waals surface area (Å²) in [6.07, 6.45) is 1.70. The van der Waals surface area contributed by atoms with Crippen molar-refractivity contribution >= 4 is 18.0 Å². The summed E-state index contributed by atoms with van der Waals surface area (Å²) in [6, 6.07) is 17.8. The molecule has 1 aliphatic rings. The van der Waals surface area contributed by atoms with E-state index in [9.17, 15) is 14.0 Å². The van der Waals surface area contributed by atoms with Crippen LogP contribution < -0.4 is 0 Å². The second-order valence-electron chi connectivity index (χ2n) is 8.39. The molecule has 0 saturated carbocycles. The van der Waals surface area contributed by atoms with E-state index in [0.717, 1.165) is 22.5 Å². The fourth-order valence-electron chi connectivity index (χ4n) is 4.64. The number of nitrogens with zero attached hydrogens (tertiary/aromatic N) is 2. The number of hydrogen-bond donors (Lipinski definition) is 0. The lowest BCUT2D eigenvalue weighted by Crippen LogP contribution is -2.28. The molecule has 0 aliphatic carbocycles. The Morgan fingerprint density at radius 2 is 1.68 bits per heavy atom. The molecule has 0 fully saturated rings. The maximum absolute atomic E-state index is 14.5. The molecular weight excluding hydrogens is 431 g/mol. The lowest BCUT2D eigenvalue weighted by molar-refractivity contribution is -0.136. The van der Waals surface area contributed by atoms with Gasteiger partial charge in [0.05, 0.1) is 30.0 Å². The van der Waals surface area contributed by atoms with Crippen LogP contribution in [0.15, 0.2) is 77.5 Å². The Bertz CT molecular complexity index is 1330. The number of amides is 1. The van der Waals surface area contributed by atoms with Crippen molar-refractivity contribution in [1.29, 1.82) is 0 Å². The molecule has 0 N–H and O–H groups in total. The topological polar surface area (TPSA) is 51.5 Å². The van der Waals surface area contributed by atoms with Gasteiger partial charge >= 0.3 is 5.97 Å². The lowest BCUT2D eigenvalue weighted by Gasteiger charge is -2.26. The van der Waals surface area contributed by atoms with Crippen LogP contribution in [0.3, 0.4) is 0 Å². The zero-order chi connectivity index (χ0) is 24.6. The fraction of sp³-hybridized carbons (Fsp3) is 0.214. The number of para-hydroxylation sites is 1. The Hall–Kier alpha value is -3.93. The second kappa shape index (κ2) is 9.14. The average Bonchev–Trinajstić information content (AvgIpc) is 3.25. The van der Waals surface area contributed by atoms with E-state index in [-0.39, 0.29) is 28.9 Å². The van der Waals surface area contributed by atoms with Crippen LogP contribution in [0.25, 0.3) is 11.8 Å². The molecule has 1 aliphatic heterocycles. The number of aryl methyl sites for hydroxylation is 1. The van der Waals surface area contributed by atoms with Crippen LogP contribution in [0.4, 0.5) is 4.39 Å². The van der Waals surface area contributed by atoms with Gasteiger partial charge in [-0.15, -0.1) is 0 Å². The molecular formula is C28H27FN2O3. The SMILES string of the molecule is COC(=O)C1=C(C)N([C@@H](C)c2ccccc2)C(=O)/C1=C\c1cc(C)n(-c2ccccc2F)c1C. The van der Waals surface area contributed by atoms with Gasteiger partial charge in [-0.1, -0.05) is 42.5 Å². The standard InChI is InChI=1S/C28H27FN2O3/c1-17-15-22(19(3)30(17)25-14-10-9-13-24(25)29)16-23-26(28(33)34-5)20(4)31(27(23)32)18(2)21-11-7-6-8-12-21/h6-16,18H,1-5H3/b23-16-/t18-/m0/s1. The number of esters is 1. The second-order valence-corrected chi connectivity index (χ2v) is 8.39. The molecule has 0 saturated heterocycles. The zero-order valence-corrected chi connectivity index (χ0v) is 19.9. The average molecular weight is 459 g/mol. The Kier molecular flexibility index (Phi) is 6.24. The van der Waals surface area contributed by atoms with Gasteiger partial charge in [-0.25, -0.2) is 9.18 Å². The van der Waals surface area contributed by atoms with Crippen molar-refractivity contribution < 1.29 is 18.7 Å². The highest BCUT2D eigenvalue weighted by molar-refractivity contribution is 6.16. The number of allylic oxidation sites excluding steroid dienone is 1. The van der Waals surface area contributed by atoms with E-state index in [4.69, 9.17) is 4.74 Å². The third-order valence-electron chi connectivity index (χ3n) is 6.36. The van der Waals surface area contributed by atoms with Gasteiger partial charge in [0.1, 0.15) is 5.82 Å². The quantitative estimate of drug-likeness (QED) is 0.366. The van der Waals surface area contributed by atoms with Crippen LogP contribution in [-0.4, -0.2) is 28.5 Å². The highest BCUT2D eigenvalue weighted by Crippen LogP contribution is 2.38. The predicted octanol–water partition coefficient (Wildman–Crippen LogP) is 5.67. The predicted molar refractivity (Wildman–Crippen MR) is 130 cm³/mol. The van der Waals surface area contributed by atoms with Crippen LogP contribution in [0, 0.1) is 19.7 Å². The first kappa shape index (κ1) is 23.2. The van der Waals surface area contributed by atoms with E-state index in [0.29, 0.717) is 11.4 Å². The van der Waals surface area contributed by atoms with Crippen LogP contribution in [-0.2, 0) is 14.3 Å². The van der Waals surface area contributed by atoms with Crippen molar-refractivity contribution in [3.63, 3.8) is 0 Å². The number of carbonyl (C=O) groups is 2. The normalized spacial score (nSPS) is 15.9. The Morgan fingerprint density at radius 3 is 2.32 bits per heavy atom. The number of carbonyl (C=O) groups excluding carboxylic acids is 2. The molecule has 0 spiro atoms. The molecule has 174 valence electrons. The van der Waals surface area contributed by atoms with Crippen molar-refractivity contribution in [2.45, 2.75) is 33.7 Å².